The molecule has 1 unspecified atom stereocenters. The van der Waals surface area contributed by atoms with Gasteiger partial charge in [0.2, 0.25) is 0 Å². The molecule has 0 fully saturated rings. The number of sulfone groups is 1. The van der Waals surface area contributed by atoms with Crippen LogP contribution in [0, 0.1) is 0 Å². The zero-order chi connectivity index (χ0) is 13.6. The van der Waals surface area contributed by atoms with Crippen LogP contribution >= 0.6 is 0 Å². The molecule has 0 amide bonds. The van der Waals surface area contributed by atoms with Crippen molar-refractivity contribution >= 4 is 9.84 Å². The summed E-state index contributed by atoms with van der Waals surface area (Å²) in [5.41, 5.74) is -0.460. The predicted octanol–water partition coefficient (Wildman–Crippen LogP) is 1.62. The first kappa shape index (κ1) is 13.4. The summed E-state index contributed by atoms with van der Waals surface area (Å²) in [7, 11) is -2.04. The van der Waals surface area contributed by atoms with Crippen LogP contribution in [0.15, 0.2) is 23.1 Å². The van der Waals surface area contributed by atoms with Crippen LogP contribution in [-0.4, -0.2) is 27.3 Å². The molecule has 1 heterocycles. The van der Waals surface area contributed by atoms with E-state index in [-0.39, 0.29) is 17.9 Å². The molecule has 0 saturated carbocycles. The minimum absolute atomic E-state index is 0.183. The van der Waals surface area contributed by atoms with Gasteiger partial charge in [0.05, 0.1) is 15.7 Å². The normalized spacial score (nSPS) is 21.9. The Hall–Kier alpha value is -1.08. The number of fused-ring (bicyclic) bond motifs is 1. The van der Waals surface area contributed by atoms with Gasteiger partial charge in [0, 0.05) is 6.54 Å². The van der Waals surface area contributed by atoms with Crippen LogP contribution in [-0.2, 0) is 22.4 Å². The molecule has 0 saturated heterocycles. The van der Waals surface area contributed by atoms with Crippen LogP contribution < -0.4 is 5.32 Å². The van der Waals surface area contributed by atoms with E-state index in [1.165, 1.54) is 6.07 Å². The van der Waals surface area contributed by atoms with Gasteiger partial charge in [-0.25, -0.2) is 8.42 Å². The minimum Gasteiger partial charge on any atom is -0.318 e. The standard InChI is InChI=1S/C11H12F3NO2S/c1-15-6-9-4-7-2-3-8(11(12,13)14)5-10(7)18(9,16)17/h2-3,5,9,15H,4,6H2,1H3. The van der Waals surface area contributed by atoms with Crippen molar-refractivity contribution in [2.45, 2.75) is 22.7 Å². The lowest BCUT2D eigenvalue weighted by Gasteiger charge is -2.09. The first-order valence-corrected chi connectivity index (χ1v) is 6.90. The van der Waals surface area contributed by atoms with Crippen molar-refractivity contribution in [1.82, 2.24) is 5.32 Å². The highest BCUT2D eigenvalue weighted by atomic mass is 32.2. The van der Waals surface area contributed by atoms with Gasteiger partial charge in [-0.05, 0) is 31.2 Å². The molecule has 1 aromatic rings. The van der Waals surface area contributed by atoms with Crippen LogP contribution in [0.25, 0.3) is 0 Å². The van der Waals surface area contributed by atoms with Crippen molar-refractivity contribution in [2.24, 2.45) is 0 Å². The molecular weight excluding hydrogens is 267 g/mol. The number of halogens is 3. The molecule has 1 atom stereocenters. The van der Waals surface area contributed by atoms with Gasteiger partial charge in [-0.15, -0.1) is 0 Å². The van der Waals surface area contributed by atoms with Gasteiger partial charge < -0.3 is 5.32 Å². The van der Waals surface area contributed by atoms with E-state index in [2.05, 4.69) is 5.32 Å². The van der Waals surface area contributed by atoms with E-state index in [4.69, 9.17) is 0 Å². The Bertz CT molecular complexity index is 566. The van der Waals surface area contributed by atoms with E-state index in [9.17, 15) is 21.6 Å². The van der Waals surface area contributed by atoms with Gasteiger partial charge in [0.15, 0.2) is 9.84 Å². The largest absolute Gasteiger partial charge is 0.416 e. The molecule has 0 bridgehead atoms. The molecule has 3 nitrogen and oxygen atoms in total. The highest BCUT2D eigenvalue weighted by molar-refractivity contribution is 7.92. The topological polar surface area (TPSA) is 46.2 Å². The average molecular weight is 279 g/mol. The Kier molecular flexibility index (Phi) is 3.14. The summed E-state index contributed by atoms with van der Waals surface area (Å²) in [6, 6.07) is 2.92. The second-order valence-electron chi connectivity index (χ2n) is 4.25. The molecule has 0 aromatic heterocycles. The molecular formula is C11H12F3NO2S. The lowest BCUT2D eigenvalue weighted by molar-refractivity contribution is -0.137. The quantitative estimate of drug-likeness (QED) is 0.895. The second-order valence-corrected chi connectivity index (χ2v) is 6.45. The number of hydrogen-bond acceptors (Lipinski definition) is 3. The van der Waals surface area contributed by atoms with Crippen LogP contribution in [0.5, 0.6) is 0 Å². The summed E-state index contributed by atoms with van der Waals surface area (Å²) in [4.78, 5) is -0.183. The summed E-state index contributed by atoms with van der Waals surface area (Å²) in [6.45, 7) is 0.234. The van der Waals surface area contributed by atoms with E-state index in [0.29, 0.717) is 5.56 Å². The molecule has 18 heavy (non-hydrogen) atoms. The van der Waals surface area contributed by atoms with Crippen LogP contribution in [0.2, 0.25) is 0 Å². The molecule has 1 aromatic carbocycles. The fourth-order valence-corrected chi connectivity index (χ4v) is 4.06. The van der Waals surface area contributed by atoms with Gasteiger partial charge in [0.1, 0.15) is 0 Å². The number of rotatable bonds is 2. The van der Waals surface area contributed by atoms with Crippen LogP contribution in [0.4, 0.5) is 13.2 Å². The summed E-state index contributed by atoms with van der Waals surface area (Å²) >= 11 is 0. The summed E-state index contributed by atoms with van der Waals surface area (Å²) < 4.78 is 61.7. The third-order valence-corrected chi connectivity index (χ3v) is 5.22. The number of benzene rings is 1. The van der Waals surface area contributed by atoms with Crippen molar-refractivity contribution in [3.05, 3.63) is 29.3 Å². The number of hydrogen-bond donors (Lipinski definition) is 1. The molecule has 1 N–H and O–H groups in total. The van der Waals surface area contributed by atoms with Crippen molar-refractivity contribution in [1.29, 1.82) is 0 Å². The van der Waals surface area contributed by atoms with E-state index in [1.54, 1.807) is 7.05 Å². The summed E-state index contributed by atoms with van der Waals surface area (Å²) in [5, 5.41) is 2.06. The first-order valence-electron chi connectivity index (χ1n) is 5.35. The molecule has 0 aliphatic carbocycles. The third kappa shape index (κ3) is 2.12. The highest BCUT2D eigenvalue weighted by Crippen LogP contribution is 2.36. The van der Waals surface area contributed by atoms with Gasteiger partial charge in [-0.1, -0.05) is 6.07 Å². The van der Waals surface area contributed by atoms with E-state index in [0.717, 1.165) is 12.1 Å². The Balaban J connectivity index is 2.49. The average Bonchev–Trinajstić information content (AvgIpc) is 2.50. The fraction of sp³-hybridized carbons (Fsp3) is 0.455. The van der Waals surface area contributed by atoms with Gasteiger partial charge in [-0.2, -0.15) is 13.2 Å². The fourth-order valence-electron chi connectivity index (χ4n) is 2.11. The third-order valence-electron chi connectivity index (χ3n) is 3.02. The maximum Gasteiger partial charge on any atom is 0.416 e. The minimum atomic E-state index is -4.52. The maximum absolute atomic E-state index is 12.5. The zero-order valence-corrected chi connectivity index (χ0v) is 10.4. The highest BCUT2D eigenvalue weighted by Gasteiger charge is 2.39. The first-order chi connectivity index (χ1) is 8.26. The molecule has 0 spiro atoms. The molecule has 2 rings (SSSR count). The monoisotopic (exact) mass is 279 g/mol. The second kappa shape index (κ2) is 4.24. The number of alkyl halides is 3. The Morgan fingerprint density at radius 3 is 2.61 bits per heavy atom. The molecule has 1 aliphatic heterocycles. The Morgan fingerprint density at radius 2 is 2.06 bits per heavy atom. The predicted molar refractivity (Wildman–Crippen MR) is 60.0 cm³/mol. The summed E-state index contributed by atoms with van der Waals surface area (Å²) in [6.07, 6.45) is -4.26. The van der Waals surface area contributed by atoms with Crippen LogP contribution in [0.3, 0.4) is 0 Å². The van der Waals surface area contributed by atoms with Gasteiger partial charge >= 0.3 is 6.18 Å². The smallest absolute Gasteiger partial charge is 0.318 e. The van der Waals surface area contributed by atoms with E-state index in [1.807, 2.05) is 0 Å². The lowest BCUT2D eigenvalue weighted by Crippen LogP contribution is -2.29. The van der Waals surface area contributed by atoms with E-state index < -0.39 is 26.8 Å². The van der Waals surface area contributed by atoms with Crippen molar-refractivity contribution in [3.63, 3.8) is 0 Å². The number of nitrogens with one attached hydrogen (secondary N) is 1. The van der Waals surface area contributed by atoms with Gasteiger partial charge in [-0.3, -0.25) is 0 Å². The lowest BCUT2D eigenvalue weighted by atomic mass is 10.1. The van der Waals surface area contributed by atoms with Crippen molar-refractivity contribution < 1.29 is 21.6 Å². The van der Waals surface area contributed by atoms with E-state index >= 15 is 0 Å². The van der Waals surface area contributed by atoms with Crippen molar-refractivity contribution in [3.8, 4) is 0 Å². The maximum atomic E-state index is 12.5. The Morgan fingerprint density at radius 1 is 1.39 bits per heavy atom. The summed E-state index contributed by atoms with van der Waals surface area (Å²) in [5.74, 6) is 0. The SMILES string of the molecule is CNCC1Cc2ccc(C(F)(F)F)cc2S1(=O)=O. The molecule has 100 valence electrons. The van der Waals surface area contributed by atoms with Crippen molar-refractivity contribution in [2.75, 3.05) is 13.6 Å². The van der Waals surface area contributed by atoms with Gasteiger partial charge in [0.25, 0.3) is 0 Å². The molecule has 1 aliphatic rings. The Labute approximate surface area is 103 Å². The van der Waals surface area contributed by atoms with Crippen LogP contribution in [0.1, 0.15) is 11.1 Å². The molecule has 0 radical (unpaired) electrons. The molecule has 7 heteroatoms. The zero-order valence-electron chi connectivity index (χ0n) is 9.58.